The molecule has 0 saturated carbocycles. The molecule has 96 valence electrons. The van der Waals surface area contributed by atoms with Gasteiger partial charge in [-0.1, -0.05) is 23.9 Å². The lowest BCUT2D eigenvalue weighted by molar-refractivity contribution is 0.627. The van der Waals surface area contributed by atoms with E-state index < -0.39 is 0 Å². The van der Waals surface area contributed by atoms with Gasteiger partial charge in [0.05, 0.1) is 10.2 Å². The number of aromatic nitrogens is 1. The lowest BCUT2D eigenvalue weighted by Crippen LogP contribution is -1.93. The molecule has 3 aromatic rings. The van der Waals surface area contributed by atoms with Gasteiger partial charge >= 0.3 is 0 Å². The molecule has 0 bridgehead atoms. The van der Waals surface area contributed by atoms with Crippen molar-refractivity contribution in [1.82, 2.24) is 4.98 Å². The first kappa shape index (κ1) is 12.4. The fourth-order valence-electron chi connectivity index (χ4n) is 1.75. The number of halogens is 1. The van der Waals surface area contributed by atoms with Gasteiger partial charge < -0.3 is 5.73 Å². The molecule has 0 saturated heterocycles. The molecule has 19 heavy (non-hydrogen) atoms. The predicted molar refractivity (Wildman–Crippen MR) is 80.0 cm³/mol. The molecule has 3 rings (SSSR count). The fraction of sp³-hybridized carbons (Fsp3) is 0.0714. The number of nitrogens with zero attached hydrogens (tertiary/aromatic N) is 1. The number of thiazole rings is 1. The number of benzene rings is 2. The standard InChI is InChI=1S/C14H11FN2S2/c15-10-5-6-11(16)9(7-10)8-18-14-17-12-3-1-2-4-13(12)19-14/h1-7H,8,16H2. The first-order chi connectivity index (χ1) is 9.22. The highest BCUT2D eigenvalue weighted by Gasteiger charge is 2.06. The van der Waals surface area contributed by atoms with Crippen LogP contribution in [0, 0.1) is 5.82 Å². The van der Waals surface area contributed by atoms with Crippen LogP contribution in [0.15, 0.2) is 46.8 Å². The van der Waals surface area contributed by atoms with Crippen molar-refractivity contribution in [2.45, 2.75) is 10.1 Å². The summed E-state index contributed by atoms with van der Waals surface area (Å²) in [6, 6.07) is 12.5. The Morgan fingerprint density at radius 2 is 2.05 bits per heavy atom. The SMILES string of the molecule is Nc1ccc(F)cc1CSc1nc2ccccc2s1. The van der Waals surface area contributed by atoms with Crippen LogP contribution in [0.4, 0.5) is 10.1 Å². The molecule has 0 aliphatic rings. The number of thioether (sulfide) groups is 1. The monoisotopic (exact) mass is 290 g/mol. The Labute approximate surface area is 118 Å². The molecule has 2 nitrogen and oxygen atoms in total. The van der Waals surface area contributed by atoms with Crippen LogP contribution in [0.1, 0.15) is 5.56 Å². The summed E-state index contributed by atoms with van der Waals surface area (Å²) in [7, 11) is 0. The molecule has 5 heteroatoms. The minimum Gasteiger partial charge on any atom is -0.398 e. The number of nitrogen functional groups attached to an aromatic ring is 1. The third-order valence-electron chi connectivity index (χ3n) is 2.73. The fourth-order valence-corrected chi connectivity index (χ4v) is 3.82. The van der Waals surface area contributed by atoms with E-state index in [0.717, 1.165) is 20.1 Å². The van der Waals surface area contributed by atoms with Gasteiger partial charge in [-0.3, -0.25) is 0 Å². The van der Waals surface area contributed by atoms with Crippen LogP contribution in [0.3, 0.4) is 0 Å². The van der Waals surface area contributed by atoms with Gasteiger partial charge in [0.25, 0.3) is 0 Å². The van der Waals surface area contributed by atoms with Crippen LogP contribution < -0.4 is 5.73 Å². The van der Waals surface area contributed by atoms with Gasteiger partial charge in [-0.05, 0) is 35.9 Å². The molecule has 1 heterocycles. The number of hydrogen-bond donors (Lipinski definition) is 1. The summed E-state index contributed by atoms with van der Waals surface area (Å²) in [5, 5.41) is 0. The summed E-state index contributed by atoms with van der Waals surface area (Å²) in [6.07, 6.45) is 0. The Bertz CT molecular complexity index is 691. The maximum absolute atomic E-state index is 13.2. The molecule has 0 aliphatic carbocycles. The van der Waals surface area contributed by atoms with Crippen LogP contribution in [0.25, 0.3) is 10.2 Å². The van der Waals surface area contributed by atoms with Gasteiger partial charge in [0.2, 0.25) is 0 Å². The second kappa shape index (κ2) is 5.19. The zero-order valence-electron chi connectivity index (χ0n) is 9.97. The highest BCUT2D eigenvalue weighted by atomic mass is 32.2. The Balaban J connectivity index is 1.80. The zero-order chi connectivity index (χ0) is 13.2. The summed E-state index contributed by atoms with van der Waals surface area (Å²) in [5.74, 6) is 0.373. The van der Waals surface area contributed by atoms with Gasteiger partial charge in [-0.25, -0.2) is 9.37 Å². The lowest BCUT2D eigenvalue weighted by atomic mass is 10.2. The minimum absolute atomic E-state index is 0.255. The van der Waals surface area contributed by atoms with E-state index in [-0.39, 0.29) is 5.82 Å². The molecule has 0 spiro atoms. The molecular formula is C14H11FN2S2. The molecule has 0 aliphatic heterocycles. The van der Waals surface area contributed by atoms with E-state index in [0.29, 0.717) is 11.4 Å². The normalized spacial score (nSPS) is 11.0. The highest BCUT2D eigenvalue weighted by Crippen LogP contribution is 2.32. The van der Waals surface area contributed by atoms with Crippen molar-refractivity contribution in [1.29, 1.82) is 0 Å². The Morgan fingerprint density at radius 1 is 1.21 bits per heavy atom. The molecule has 1 aromatic heterocycles. The molecule has 2 N–H and O–H groups in total. The third kappa shape index (κ3) is 2.72. The highest BCUT2D eigenvalue weighted by molar-refractivity contribution is 8.00. The molecule has 0 amide bonds. The summed E-state index contributed by atoms with van der Waals surface area (Å²) < 4.78 is 15.3. The lowest BCUT2D eigenvalue weighted by Gasteiger charge is -2.03. The first-order valence-electron chi connectivity index (χ1n) is 5.74. The van der Waals surface area contributed by atoms with Crippen molar-refractivity contribution in [2.24, 2.45) is 0 Å². The number of fused-ring (bicyclic) bond motifs is 1. The zero-order valence-corrected chi connectivity index (χ0v) is 11.6. The number of para-hydroxylation sites is 1. The van der Waals surface area contributed by atoms with E-state index in [4.69, 9.17) is 5.73 Å². The molecule has 0 radical (unpaired) electrons. The smallest absolute Gasteiger partial charge is 0.151 e. The van der Waals surface area contributed by atoms with Crippen molar-refractivity contribution in [3.05, 3.63) is 53.8 Å². The Hall–Kier alpha value is -1.59. The topological polar surface area (TPSA) is 38.9 Å². The van der Waals surface area contributed by atoms with Crippen molar-refractivity contribution in [3.8, 4) is 0 Å². The van der Waals surface area contributed by atoms with Crippen molar-refractivity contribution in [2.75, 3.05) is 5.73 Å². The van der Waals surface area contributed by atoms with E-state index in [1.54, 1.807) is 29.2 Å². The maximum atomic E-state index is 13.2. The summed E-state index contributed by atoms with van der Waals surface area (Å²) in [5.41, 5.74) is 8.26. The average Bonchev–Trinajstić information content (AvgIpc) is 2.82. The van der Waals surface area contributed by atoms with Crippen LogP contribution in [-0.2, 0) is 5.75 Å². The van der Waals surface area contributed by atoms with E-state index in [1.807, 2.05) is 24.3 Å². The maximum Gasteiger partial charge on any atom is 0.151 e. The van der Waals surface area contributed by atoms with Crippen molar-refractivity contribution < 1.29 is 4.39 Å². The third-order valence-corrected chi connectivity index (χ3v) is 4.96. The number of hydrogen-bond acceptors (Lipinski definition) is 4. The van der Waals surface area contributed by atoms with Gasteiger partial charge in [-0.15, -0.1) is 11.3 Å². The number of anilines is 1. The van der Waals surface area contributed by atoms with E-state index >= 15 is 0 Å². The molecule has 0 fully saturated rings. The summed E-state index contributed by atoms with van der Waals surface area (Å²) >= 11 is 3.23. The Kier molecular flexibility index (Phi) is 3.40. The van der Waals surface area contributed by atoms with Gasteiger partial charge in [0, 0.05) is 11.4 Å². The number of rotatable bonds is 3. The van der Waals surface area contributed by atoms with Gasteiger partial charge in [-0.2, -0.15) is 0 Å². The molecule has 2 aromatic carbocycles. The van der Waals surface area contributed by atoms with Crippen molar-refractivity contribution >= 4 is 39.0 Å². The van der Waals surface area contributed by atoms with Gasteiger partial charge in [0.15, 0.2) is 4.34 Å². The quantitative estimate of drug-likeness (QED) is 0.577. The van der Waals surface area contributed by atoms with E-state index in [1.165, 1.54) is 12.1 Å². The van der Waals surface area contributed by atoms with Crippen LogP contribution in [0.5, 0.6) is 0 Å². The summed E-state index contributed by atoms with van der Waals surface area (Å²) in [4.78, 5) is 4.53. The average molecular weight is 290 g/mol. The summed E-state index contributed by atoms with van der Waals surface area (Å²) in [6.45, 7) is 0. The van der Waals surface area contributed by atoms with E-state index in [2.05, 4.69) is 4.98 Å². The van der Waals surface area contributed by atoms with Crippen LogP contribution >= 0.6 is 23.1 Å². The number of nitrogens with two attached hydrogens (primary N) is 1. The predicted octanol–water partition coefficient (Wildman–Crippen LogP) is 4.31. The minimum atomic E-state index is -0.255. The largest absolute Gasteiger partial charge is 0.398 e. The van der Waals surface area contributed by atoms with Crippen molar-refractivity contribution in [3.63, 3.8) is 0 Å². The molecule has 0 atom stereocenters. The second-order valence-corrected chi connectivity index (χ2v) is 6.33. The van der Waals surface area contributed by atoms with Crippen LogP contribution in [0.2, 0.25) is 0 Å². The Morgan fingerprint density at radius 3 is 2.89 bits per heavy atom. The molecular weight excluding hydrogens is 279 g/mol. The van der Waals surface area contributed by atoms with E-state index in [9.17, 15) is 4.39 Å². The van der Waals surface area contributed by atoms with Gasteiger partial charge in [0.1, 0.15) is 5.82 Å². The first-order valence-corrected chi connectivity index (χ1v) is 7.55. The molecule has 0 unspecified atom stereocenters. The second-order valence-electron chi connectivity index (χ2n) is 4.08. The van der Waals surface area contributed by atoms with Crippen LogP contribution in [-0.4, -0.2) is 4.98 Å².